The van der Waals surface area contributed by atoms with Gasteiger partial charge in [0.15, 0.2) is 0 Å². The highest BCUT2D eigenvalue weighted by molar-refractivity contribution is 7.18. The molecule has 9 aromatic carbocycles. The second kappa shape index (κ2) is 10.4. The van der Waals surface area contributed by atoms with Gasteiger partial charge >= 0.3 is 0 Å². The molecule has 0 fully saturated rings. The largest absolute Gasteiger partial charge is 0.142 e. The van der Waals surface area contributed by atoms with Crippen LogP contribution in [0, 0.1) is 0 Å². The first-order valence-corrected chi connectivity index (χ1v) is 16.6. The molecule has 0 unspecified atom stereocenters. The molecule has 1 aromatic heterocycles. The summed E-state index contributed by atoms with van der Waals surface area (Å²) in [6.45, 7) is 0. The second-order valence-corrected chi connectivity index (χ2v) is 12.9. The molecule has 0 aliphatic carbocycles. The predicted molar refractivity (Wildman–Crippen MR) is 206 cm³/mol. The number of hydrogen-bond acceptors (Lipinski definition) is 1. The smallest absolute Gasteiger partial charge is 0.0636 e. The Labute approximate surface area is 283 Å². The van der Waals surface area contributed by atoms with E-state index in [0.717, 1.165) is 54.9 Å². The molecule has 0 N–H and O–H groups in total. The molecule has 1 heterocycles. The molecule has 0 aliphatic heterocycles. The van der Waals surface area contributed by atoms with Gasteiger partial charge in [-0.25, -0.2) is 0 Å². The van der Waals surface area contributed by atoms with Gasteiger partial charge in [-0.2, -0.15) is 0 Å². The fraction of sp³-hybridized carbons (Fsp3) is 0. The van der Waals surface area contributed by atoms with Crippen LogP contribution >= 0.6 is 11.3 Å². The van der Waals surface area contributed by atoms with E-state index in [2.05, 4.69) is 102 Å². The predicted octanol–water partition coefficient (Wildman–Crippen LogP) is 13.7. The maximum atomic E-state index is 9.78. The van der Waals surface area contributed by atoms with E-state index in [1.807, 2.05) is 36.4 Å². The van der Waals surface area contributed by atoms with Crippen LogP contribution in [0.1, 0.15) is 6.85 Å². The summed E-state index contributed by atoms with van der Waals surface area (Å²) < 4.78 is 45.5. The molecule has 0 nitrogen and oxygen atoms in total. The lowest BCUT2D eigenvalue weighted by molar-refractivity contribution is 1.62. The van der Waals surface area contributed by atoms with Crippen LogP contribution in [-0.2, 0) is 0 Å². The van der Waals surface area contributed by atoms with E-state index in [9.17, 15) is 1.37 Å². The van der Waals surface area contributed by atoms with Crippen LogP contribution in [0.25, 0.3) is 97.3 Å². The summed E-state index contributed by atoms with van der Waals surface area (Å²) in [5.74, 6) is 0. The fourth-order valence-corrected chi connectivity index (χ4v) is 8.46. The van der Waals surface area contributed by atoms with Gasteiger partial charge in [0, 0.05) is 21.0 Å². The molecule has 0 spiro atoms. The lowest BCUT2D eigenvalue weighted by atomic mass is 9.83. The average Bonchev–Trinajstić information content (AvgIpc) is 3.63. The number of hydrogen-bond donors (Lipinski definition) is 0. The third-order valence-electron chi connectivity index (χ3n) is 9.52. The Morgan fingerprint density at radius 1 is 0.404 bits per heavy atom. The first-order chi connectivity index (χ1) is 25.4. The van der Waals surface area contributed by atoms with E-state index < -0.39 is 0 Å². The van der Waals surface area contributed by atoms with Gasteiger partial charge in [-0.3, -0.25) is 0 Å². The molecule has 47 heavy (non-hydrogen) atoms. The molecule has 0 amide bonds. The van der Waals surface area contributed by atoms with Gasteiger partial charge in [0.2, 0.25) is 0 Å². The highest BCUT2D eigenvalue weighted by Gasteiger charge is 2.21. The van der Waals surface area contributed by atoms with Crippen LogP contribution < -0.4 is 0 Å². The zero-order chi connectivity index (χ0) is 35.2. The molecular formula is C46H28S. The lowest BCUT2D eigenvalue weighted by Gasteiger charge is -2.20. The third kappa shape index (κ3) is 4.07. The van der Waals surface area contributed by atoms with Crippen molar-refractivity contribution in [2.45, 2.75) is 0 Å². The first-order valence-electron chi connectivity index (χ1n) is 18.3. The second-order valence-electron chi connectivity index (χ2n) is 12.1. The molecule has 0 atom stereocenters. The monoisotopic (exact) mass is 617 g/mol. The lowest BCUT2D eigenvalue weighted by Crippen LogP contribution is -1.93. The van der Waals surface area contributed by atoms with Crippen molar-refractivity contribution in [1.29, 1.82) is 0 Å². The first kappa shape index (κ1) is 21.9. The molecule has 10 aromatic rings. The molecule has 0 saturated carbocycles. The number of benzene rings is 9. The van der Waals surface area contributed by atoms with E-state index >= 15 is 0 Å². The van der Waals surface area contributed by atoms with Crippen molar-refractivity contribution < 1.29 is 6.85 Å². The molecule has 0 saturated heterocycles. The summed E-state index contributed by atoms with van der Waals surface area (Å²) in [7, 11) is 0. The Bertz CT molecular complexity index is 3130. The molecular weight excluding hydrogens is 585 g/mol. The summed E-state index contributed by atoms with van der Waals surface area (Å²) in [5.41, 5.74) is 5.98. The highest BCUT2D eigenvalue weighted by Crippen LogP contribution is 2.49. The van der Waals surface area contributed by atoms with Crippen LogP contribution in [0.4, 0.5) is 0 Å². The Kier molecular flexibility index (Phi) is 4.84. The third-order valence-corrected chi connectivity index (χ3v) is 10.5. The van der Waals surface area contributed by atoms with Crippen LogP contribution in [0.15, 0.2) is 169 Å². The number of thiophene rings is 1. The van der Waals surface area contributed by atoms with Gasteiger partial charge in [0.1, 0.15) is 0 Å². The Morgan fingerprint density at radius 3 is 1.91 bits per heavy atom. The van der Waals surface area contributed by atoms with Gasteiger partial charge in [-0.15, -0.1) is 11.3 Å². The van der Waals surface area contributed by atoms with E-state index in [1.165, 1.54) is 26.2 Å². The minimum absolute atomic E-state index is 0.0965. The molecule has 0 aliphatic rings. The van der Waals surface area contributed by atoms with E-state index in [0.29, 0.717) is 10.8 Å². The quantitative estimate of drug-likeness (QED) is 0.137. The summed E-state index contributed by atoms with van der Waals surface area (Å²) in [6, 6.07) is 45.5. The van der Waals surface area contributed by atoms with Gasteiger partial charge in [0.05, 0.1) is 6.85 Å². The summed E-state index contributed by atoms with van der Waals surface area (Å²) in [4.78, 5) is 0. The van der Waals surface area contributed by atoms with Crippen molar-refractivity contribution in [3.8, 4) is 33.4 Å². The normalized spacial score (nSPS) is 13.3. The molecule has 1 heteroatoms. The van der Waals surface area contributed by atoms with Crippen molar-refractivity contribution in [2.75, 3.05) is 0 Å². The molecule has 0 bridgehead atoms. The van der Waals surface area contributed by atoms with E-state index in [4.69, 9.17) is 5.48 Å². The van der Waals surface area contributed by atoms with Crippen molar-refractivity contribution in [3.05, 3.63) is 169 Å². The van der Waals surface area contributed by atoms with E-state index in [1.54, 1.807) is 11.3 Å². The van der Waals surface area contributed by atoms with Gasteiger partial charge in [0.25, 0.3) is 0 Å². The van der Waals surface area contributed by atoms with Crippen LogP contribution in [0.2, 0.25) is 0 Å². The maximum Gasteiger partial charge on any atom is 0.0636 e. The highest BCUT2D eigenvalue weighted by atomic mass is 32.1. The zero-order valence-electron chi connectivity index (χ0n) is 30.2. The van der Waals surface area contributed by atoms with Gasteiger partial charge < -0.3 is 0 Å². The zero-order valence-corrected chi connectivity index (χ0v) is 26.0. The average molecular weight is 618 g/mol. The van der Waals surface area contributed by atoms with Crippen molar-refractivity contribution in [2.24, 2.45) is 0 Å². The summed E-state index contributed by atoms with van der Waals surface area (Å²) >= 11 is 1.75. The Morgan fingerprint density at radius 2 is 1.04 bits per heavy atom. The number of rotatable bonds is 3. The van der Waals surface area contributed by atoms with E-state index in [-0.39, 0.29) is 35.6 Å². The summed E-state index contributed by atoms with van der Waals surface area (Å²) in [5, 5.41) is 12.4. The fourth-order valence-electron chi connectivity index (χ4n) is 7.36. The van der Waals surface area contributed by atoms with Gasteiger partial charge in [-0.1, -0.05) is 152 Å². The molecule has 218 valence electrons. The van der Waals surface area contributed by atoms with Crippen LogP contribution in [0.3, 0.4) is 0 Å². The maximum absolute atomic E-state index is 9.78. The Hall–Kier alpha value is -5.76. The SMILES string of the molecule is [2H]c1c([2H])c([2H])c2c([2H])c3c(-c4c(-c5csc6c5ccc5c7ccccc7ccc56)ccc5ccccc45)c(-c4ccccc4)ccc3cc2c1[2H]. The van der Waals surface area contributed by atoms with Crippen molar-refractivity contribution in [1.82, 2.24) is 0 Å². The minimum Gasteiger partial charge on any atom is -0.142 e. The number of fused-ring (bicyclic) bond motifs is 8. The topological polar surface area (TPSA) is 0 Å². The van der Waals surface area contributed by atoms with Crippen molar-refractivity contribution >= 4 is 75.3 Å². The standard InChI is InChI=1S/C46H28S/c1-2-10-29(11-3-1)37-21-20-34-26-32-14-4-5-15-33(32)27-42(34)45(37)44-36-17-9-7-13-31(36)18-22-39(44)43-28-47-46-40-23-19-30-12-6-8-16-35(30)38(40)24-25-41(43)46/h1-28H/i4D,5D,14D,15D,27D. The van der Waals surface area contributed by atoms with Gasteiger partial charge in [-0.05, 0) is 93.8 Å². The minimum atomic E-state index is -0.332. The Balaban J connectivity index is 1.38. The van der Waals surface area contributed by atoms with Crippen LogP contribution in [-0.4, -0.2) is 0 Å². The molecule has 0 radical (unpaired) electrons. The summed E-state index contributed by atoms with van der Waals surface area (Å²) in [6.07, 6.45) is 0. The molecule has 10 rings (SSSR count). The van der Waals surface area contributed by atoms with Crippen molar-refractivity contribution in [3.63, 3.8) is 0 Å². The van der Waals surface area contributed by atoms with Crippen LogP contribution in [0.5, 0.6) is 0 Å².